The quantitative estimate of drug-likeness (QED) is 0.530. The van der Waals surface area contributed by atoms with E-state index in [0.29, 0.717) is 17.1 Å². The Balaban J connectivity index is 2.36. The molecule has 0 unspecified atom stereocenters. The average Bonchev–Trinajstić information content (AvgIpc) is 2.67. The number of ether oxygens (including phenoxy) is 2. The van der Waals surface area contributed by atoms with Crippen LogP contribution in [0.2, 0.25) is 0 Å². The van der Waals surface area contributed by atoms with E-state index in [2.05, 4.69) is 0 Å². The third-order valence-corrected chi connectivity index (χ3v) is 5.44. The molecule has 0 aliphatic heterocycles. The number of benzene rings is 2. The van der Waals surface area contributed by atoms with Crippen molar-refractivity contribution < 1.29 is 27.9 Å². The summed E-state index contributed by atoms with van der Waals surface area (Å²) < 4.78 is 37.0. The number of hydrogen-bond donors (Lipinski definition) is 2. The fraction of sp³-hybridized carbons (Fsp3) is 0.235. The van der Waals surface area contributed by atoms with Gasteiger partial charge in [-0.1, -0.05) is 12.1 Å². The number of sulfonamides is 1. The van der Waals surface area contributed by atoms with Crippen LogP contribution in [0.5, 0.6) is 11.5 Å². The Morgan fingerprint density at radius 1 is 1.08 bits per heavy atom. The number of carbonyl (C=O) groups excluding carboxylic acids is 1. The van der Waals surface area contributed by atoms with Crippen molar-refractivity contribution in [2.75, 3.05) is 20.8 Å². The summed E-state index contributed by atoms with van der Waals surface area (Å²) in [7, 11) is -1.00. The van der Waals surface area contributed by atoms with Gasteiger partial charge in [-0.3, -0.25) is 10.0 Å². The highest BCUT2D eigenvalue weighted by Crippen LogP contribution is 2.22. The van der Waals surface area contributed by atoms with Crippen LogP contribution in [0.15, 0.2) is 53.4 Å². The monoisotopic (exact) mass is 380 g/mol. The fourth-order valence-corrected chi connectivity index (χ4v) is 3.68. The van der Waals surface area contributed by atoms with E-state index in [0.717, 1.165) is 4.31 Å². The zero-order valence-electron chi connectivity index (χ0n) is 14.4. The Kier molecular flexibility index (Phi) is 6.56. The van der Waals surface area contributed by atoms with Crippen LogP contribution in [0.4, 0.5) is 0 Å². The minimum Gasteiger partial charge on any atom is -0.497 e. The molecule has 26 heavy (non-hydrogen) atoms. The molecule has 2 aromatic rings. The van der Waals surface area contributed by atoms with Crippen molar-refractivity contribution >= 4 is 15.9 Å². The van der Waals surface area contributed by atoms with Crippen LogP contribution >= 0.6 is 0 Å². The lowest BCUT2D eigenvalue weighted by Gasteiger charge is -2.21. The molecule has 0 aliphatic carbocycles. The summed E-state index contributed by atoms with van der Waals surface area (Å²) in [6.45, 7) is -0.610. The topological polar surface area (TPSA) is 105 Å². The zero-order valence-corrected chi connectivity index (χ0v) is 15.2. The van der Waals surface area contributed by atoms with Gasteiger partial charge >= 0.3 is 0 Å². The molecule has 0 atom stereocenters. The number of hydrogen-bond acceptors (Lipinski definition) is 6. The van der Waals surface area contributed by atoms with Gasteiger partial charge < -0.3 is 9.47 Å². The largest absolute Gasteiger partial charge is 0.497 e. The van der Waals surface area contributed by atoms with Crippen molar-refractivity contribution in [1.29, 1.82) is 0 Å². The minimum absolute atomic E-state index is 0.00642. The SMILES string of the molecule is COc1ccc(S(=O)(=O)N(CC(=O)NO)Cc2cccc(OC)c2)cc1. The number of nitrogens with zero attached hydrogens (tertiary/aromatic N) is 1. The Labute approximate surface area is 152 Å². The molecular weight excluding hydrogens is 360 g/mol. The second-order valence-corrected chi connectivity index (χ2v) is 7.27. The van der Waals surface area contributed by atoms with E-state index in [1.54, 1.807) is 24.3 Å². The summed E-state index contributed by atoms with van der Waals surface area (Å²) in [5.74, 6) is 0.234. The highest BCUT2D eigenvalue weighted by molar-refractivity contribution is 7.89. The third-order valence-electron chi connectivity index (χ3n) is 3.63. The van der Waals surface area contributed by atoms with Crippen LogP contribution in [-0.4, -0.2) is 44.6 Å². The number of hydroxylamine groups is 1. The van der Waals surface area contributed by atoms with Crippen LogP contribution in [-0.2, 0) is 21.4 Å². The zero-order chi connectivity index (χ0) is 19.2. The molecule has 140 valence electrons. The molecule has 0 spiro atoms. The molecule has 0 saturated heterocycles. The number of amides is 1. The van der Waals surface area contributed by atoms with E-state index in [1.807, 2.05) is 0 Å². The Bertz CT molecular complexity index is 852. The van der Waals surface area contributed by atoms with Gasteiger partial charge in [0.25, 0.3) is 5.91 Å². The first-order chi connectivity index (χ1) is 12.4. The maximum absolute atomic E-state index is 12.9. The molecule has 1 amide bonds. The van der Waals surface area contributed by atoms with E-state index in [1.165, 1.54) is 44.0 Å². The first kappa shape index (κ1) is 19.7. The third kappa shape index (κ3) is 4.72. The van der Waals surface area contributed by atoms with E-state index in [-0.39, 0.29) is 11.4 Å². The second kappa shape index (κ2) is 8.65. The Morgan fingerprint density at radius 3 is 2.31 bits per heavy atom. The molecule has 0 saturated carbocycles. The number of carbonyl (C=O) groups is 1. The number of rotatable bonds is 8. The van der Waals surface area contributed by atoms with Crippen molar-refractivity contribution in [2.24, 2.45) is 0 Å². The molecule has 8 nitrogen and oxygen atoms in total. The summed E-state index contributed by atoms with van der Waals surface area (Å²) >= 11 is 0. The van der Waals surface area contributed by atoms with Gasteiger partial charge in [-0.2, -0.15) is 4.31 Å². The Hall–Kier alpha value is -2.62. The van der Waals surface area contributed by atoms with Gasteiger partial charge in [-0.05, 0) is 42.0 Å². The number of nitrogens with one attached hydrogen (secondary N) is 1. The van der Waals surface area contributed by atoms with Crippen molar-refractivity contribution in [1.82, 2.24) is 9.79 Å². The molecule has 9 heteroatoms. The van der Waals surface area contributed by atoms with Crippen molar-refractivity contribution in [3.63, 3.8) is 0 Å². The van der Waals surface area contributed by atoms with Gasteiger partial charge in [0, 0.05) is 6.54 Å². The minimum atomic E-state index is -3.98. The summed E-state index contributed by atoms with van der Waals surface area (Å²) in [4.78, 5) is 11.6. The highest BCUT2D eigenvalue weighted by Gasteiger charge is 2.27. The maximum atomic E-state index is 12.9. The lowest BCUT2D eigenvalue weighted by atomic mass is 10.2. The molecule has 0 aliphatic rings. The van der Waals surface area contributed by atoms with E-state index in [9.17, 15) is 13.2 Å². The second-order valence-electron chi connectivity index (χ2n) is 5.34. The van der Waals surface area contributed by atoms with E-state index in [4.69, 9.17) is 14.7 Å². The standard InChI is InChI=1S/C17H20N2O6S/c1-24-14-6-8-16(9-7-14)26(22,23)19(12-17(20)18-21)11-13-4-3-5-15(10-13)25-2/h3-10,21H,11-12H2,1-2H3,(H,18,20). The summed E-state index contributed by atoms with van der Waals surface area (Å²) in [5, 5.41) is 8.78. The average molecular weight is 380 g/mol. The Morgan fingerprint density at radius 2 is 1.73 bits per heavy atom. The summed E-state index contributed by atoms with van der Waals surface area (Å²) in [6.07, 6.45) is 0. The van der Waals surface area contributed by atoms with Crippen LogP contribution in [0.1, 0.15) is 5.56 Å². The predicted octanol–water partition coefficient (Wildman–Crippen LogP) is 1.40. The number of methoxy groups -OCH3 is 2. The van der Waals surface area contributed by atoms with Crippen LogP contribution in [0.25, 0.3) is 0 Å². The maximum Gasteiger partial charge on any atom is 0.258 e. The molecule has 0 bridgehead atoms. The van der Waals surface area contributed by atoms with Gasteiger partial charge in [-0.15, -0.1) is 0 Å². The molecule has 0 heterocycles. The molecule has 2 rings (SSSR count). The highest BCUT2D eigenvalue weighted by atomic mass is 32.2. The first-order valence-electron chi connectivity index (χ1n) is 7.60. The predicted molar refractivity (Wildman–Crippen MR) is 93.5 cm³/mol. The lowest BCUT2D eigenvalue weighted by molar-refractivity contribution is -0.129. The van der Waals surface area contributed by atoms with Gasteiger partial charge in [0.1, 0.15) is 11.5 Å². The molecule has 0 fully saturated rings. The molecule has 2 N–H and O–H groups in total. The van der Waals surface area contributed by atoms with Crippen LogP contribution in [0.3, 0.4) is 0 Å². The van der Waals surface area contributed by atoms with Crippen LogP contribution in [0, 0.1) is 0 Å². The fourth-order valence-electron chi connectivity index (χ4n) is 2.29. The summed E-state index contributed by atoms with van der Waals surface area (Å²) in [6, 6.07) is 12.7. The van der Waals surface area contributed by atoms with Gasteiger partial charge in [0.2, 0.25) is 10.0 Å². The van der Waals surface area contributed by atoms with Crippen molar-refractivity contribution in [3.8, 4) is 11.5 Å². The first-order valence-corrected chi connectivity index (χ1v) is 9.04. The normalized spacial score (nSPS) is 11.2. The molecule has 2 aromatic carbocycles. The van der Waals surface area contributed by atoms with Gasteiger partial charge in [0.05, 0.1) is 25.7 Å². The van der Waals surface area contributed by atoms with Crippen molar-refractivity contribution in [3.05, 3.63) is 54.1 Å². The summed E-state index contributed by atoms with van der Waals surface area (Å²) in [5.41, 5.74) is 2.09. The van der Waals surface area contributed by atoms with Crippen molar-refractivity contribution in [2.45, 2.75) is 11.4 Å². The lowest BCUT2D eigenvalue weighted by Crippen LogP contribution is -2.39. The van der Waals surface area contributed by atoms with Gasteiger partial charge in [0.15, 0.2) is 0 Å². The van der Waals surface area contributed by atoms with Crippen LogP contribution < -0.4 is 15.0 Å². The van der Waals surface area contributed by atoms with E-state index >= 15 is 0 Å². The van der Waals surface area contributed by atoms with E-state index < -0.39 is 22.5 Å². The molecule has 0 radical (unpaired) electrons. The smallest absolute Gasteiger partial charge is 0.258 e. The molecular formula is C17H20N2O6S. The molecule has 0 aromatic heterocycles. The van der Waals surface area contributed by atoms with Gasteiger partial charge in [-0.25, -0.2) is 13.9 Å².